The van der Waals surface area contributed by atoms with Crippen LogP contribution in [0.2, 0.25) is 0 Å². The van der Waals surface area contributed by atoms with Gasteiger partial charge in [-0.25, -0.2) is 4.52 Å². The van der Waals surface area contributed by atoms with Gasteiger partial charge < -0.3 is 15.5 Å². The van der Waals surface area contributed by atoms with Gasteiger partial charge in [0.15, 0.2) is 5.69 Å². The maximum absolute atomic E-state index is 13.3. The summed E-state index contributed by atoms with van der Waals surface area (Å²) in [6.45, 7) is 2.72. The fraction of sp³-hybridized carbons (Fsp3) is 0.643. The van der Waals surface area contributed by atoms with E-state index in [1.807, 2.05) is 17.0 Å². The molecule has 6 aliphatic rings. The fourth-order valence-corrected chi connectivity index (χ4v) is 8.63. The standard InChI is InChI=1S/C28H35N5O3/c34-24-15-27(16-29-24)3-6-32(7-4-27)26(36)22-11-23-21(2-1-5-33(23)31-22)25(35)30-17-28-12-18-8-19(13-28)10-20(9-18)14-28/h1-2,5,11,18-20H,3-4,6-10,12-17H2,(H,29,34)(H,30,35). The molecule has 0 unspecified atom stereocenters. The van der Waals surface area contributed by atoms with Crippen LogP contribution in [0.1, 0.15) is 78.6 Å². The van der Waals surface area contributed by atoms with Gasteiger partial charge in [-0.1, -0.05) is 0 Å². The van der Waals surface area contributed by atoms with E-state index in [4.69, 9.17) is 0 Å². The Morgan fingerprint density at radius 2 is 1.78 bits per heavy atom. The van der Waals surface area contributed by atoms with Crippen molar-refractivity contribution in [2.24, 2.45) is 28.6 Å². The van der Waals surface area contributed by atoms with Crippen LogP contribution < -0.4 is 10.6 Å². The zero-order chi connectivity index (χ0) is 24.5. The highest BCUT2D eigenvalue weighted by Gasteiger charge is 2.50. The van der Waals surface area contributed by atoms with Gasteiger partial charge in [-0.3, -0.25) is 14.4 Å². The number of carbonyl (C=O) groups excluding carboxylic acids is 3. The first-order valence-electron chi connectivity index (χ1n) is 13.7. The van der Waals surface area contributed by atoms with Crippen LogP contribution in [0.4, 0.5) is 0 Å². The topological polar surface area (TPSA) is 95.8 Å². The van der Waals surface area contributed by atoms with Crippen molar-refractivity contribution in [2.75, 3.05) is 26.2 Å². The summed E-state index contributed by atoms with van der Waals surface area (Å²) >= 11 is 0. The molecule has 2 N–H and O–H groups in total. The van der Waals surface area contributed by atoms with Crippen molar-refractivity contribution in [3.8, 4) is 0 Å². The molecule has 2 aromatic rings. The third kappa shape index (κ3) is 3.71. The third-order valence-corrected chi connectivity index (χ3v) is 10.1. The molecule has 2 saturated heterocycles. The second kappa shape index (κ2) is 8.05. The number of rotatable bonds is 4. The molecule has 4 aliphatic carbocycles. The van der Waals surface area contributed by atoms with Gasteiger partial charge in [0.2, 0.25) is 5.91 Å². The van der Waals surface area contributed by atoms with E-state index in [0.717, 1.165) is 37.1 Å². The summed E-state index contributed by atoms with van der Waals surface area (Å²) < 4.78 is 1.65. The minimum atomic E-state index is -0.106. The van der Waals surface area contributed by atoms with E-state index in [1.165, 1.54) is 38.5 Å². The summed E-state index contributed by atoms with van der Waals surface area (Å²) in [5, 5.41) is 10.7. The maximum Gasteiger partial charge on any atom is 0.274 e. The highest BCUT2D eigenvalue weighted by molar-refractivity contribution is 6.02. The lowest BCUT2D eigenvalue weighted by molar-refractivity contribution is -0.119. The highest BCUT2D eigenvalue weighted by Crippen LogP contribution is 2.59. The lowest BCUT2D eigenvalue weighted by Crippen LogP contribution is -2.51. The number of aromatic nitrogens is 2. The second-order valence-electron chi connectivity index (χ2n) is 12.6. The zero-order valence-electron chi connectivity index (χ0n) is 20.8. The Labute approximate surface area is 211 Å². The Bertz CT molecular complexity index is 1210. The smallest absolute Gasteiger partial charge is 0.274 e. The van der Waals surface area contributed by atoms with Crippen LogP contribution in [-0.2, 0) is 4.79 Å². The molecular formula is C28H35N5O3. The first kappa shape index (κ1) is 22.3. The van der Waals surface area contributed by atoms with Crippen LogP contribution in [0.15, 0.2) is 24.4 Å². The average molecular weight is 490 g/mol. The fourth-order valence-electron chi connectivity index (χ4n) is 8.63. The summed E-state index contributed by atoms with van der Waals surface area (Å²) in [5.41, 5.74) is 1.88. The second-order valence-corrected chi connectivity index (χ2v) is 12.6. The van der Waals surface area contributed by atoms with Crippen LogP contribution in [-0.4, -0.2) is 58.4 Å². The van der Waals surface area contributed by atoms with Crippen LogP contribution in [0.5, 0.6) is 0 Å². The van der Waals surface area contributed by atoms with E-state index >= 15 is 0 Å². The summed E-state index contributed by atoms with van der Waals surface area (Å²) in [7, 11) is 0. The van der Waals surface area contributed by atoms with Gasteiger partial charge in [-0.15, -0.1) is 0 Å². The average Bonchev–Trinajstić information content (AvgIpc) is 3.45. The normalized spacial score (nSPS) is 32.3. The van der Waals surface area contributed by atoms with Crippen molar-refractivity contribution in [1.82, 2.24) is 25.1 Å². The number of amides is 3. The van der Waals surface area contributed by atoms with Crippen molar-refractivity contribution in [2.45, 2.75) is 57.8 Å². The predicted molar refractivity (Wildman–Crippen MR) is 133 cm³/mol. The van der Waals surface area contributed by atoms with Crippen molar-refractivity contribution in [3.05, 3.63) is 35.7 Å². The van der Waals surface area contributed by atoms with E-state index < -0.39 is 0 Å². The predicted octanol–water partition coefficient (Wildman–Crippen LogP) is 3.02. The molecule has 8 nitrogen and oxygen atoms in total. The van der Waals surface area contributed by atoms with E-state index in [2.05, 4.69) is 15.7 Å². The van der Waals surface area contributed by atoms with Crippen LogP contribution >= 0.6 is 0 Å². The molecule has 3 amide bonds. The van der Waals surface area contributed by atoms with Gasteiger partial charge in [0.05, 0.1) is 11.1 Å². The quantitative estimate of drug-likeness (QED) is 0.690. The largest absolute Gasteiger partial charge is 0.356 e. The van der Waals surface area contributed by atoms with Gasteiger partial charge >= 0.3 is 0 Å². The zero-order valence-corrected chi connectivity index (χ0v) is 20.8. The Kier molecular flexibility index (Phi) is 4.99. The van der Waals surface area contributed by atoms with Gasteiger partial charge in [0, 0.05) is 38.8 Å². The molecule has 2 aliphatic heterocycles. The number of carbonyl (C=O) groups is 3. The summed E-state index contributed by atoms with van der Waals surface area (Å²) in [6.07, 6.45) is 12.0. The molecule has 0 radical (unpaired) electrons. The Hall–Kier alpha value is -2.90. The van der Waals surface area contributed by atoms with Gasteiger partial charge in [0.25, 0.3) is 11.8 Å². The van der Waals surface area contributed by atoms with Crippen molar-refractivity contribution >= 4 is 23.2 Å². The monoisotopic (exact) mass is 489 g/mol. The van der Waals surface area contributed by atoms with Crippen molar-refractivity contribution in [3.63, 3.8) is 0 Å². The van der Waals surface area contributed by atoms with Crippen molar-refractivity contribution in [1.29, 1.82) is 0 Å². The van der Waals surface area contributed by atoms with E-state index in [9.17, 15) is 14.4 Å². The van der Waals surface area contributed by atoms with Crippen molar-refractivity contribution < 1.29 is 14.4 Å². The number of piperidine rings is 1. The Morgan fingerprint density at radius 3 is 2.42 bits per heavy atom. The van der Waals surface area contributed by atoms with Gasteiger partial charge in [-0.2, -0.15) is 5.10 Å². The SMILES string of the molecule is O=C1CC2(CCN(C(=O)c3cc4c(C(=O)NCC56CC7CC(CC(C7)C5)C6)cccn4n3)CC2)CN1. The molecule has 190 valence electrons. The van der Waals surface area contributed by atoms with Gasteiger partial charge in [-0.05, 0) is 98.1 Å². The minimum absolute atomic E-state index is 0.00523. The molecule has 4 bridgehead atoms. The Morgan fingerprint density at radius 1 is 1.08 bits per heavy atom. The molecule has 6 fully saturated rings. The van der Waals surface area contributed by atoms with Crippen LogP contribution in [0.3, 0.4) is 0 Å². The first-order chi connectivity index (χ1) is 17.4. The molecule has 0 atom stereocenters. The number of fused-ring (bicyclic) bond motifs is 1. The van der Waals surface area contributed by atoms with Crippen LogP contribution in [0, 0.1) is 28.6 Å². The Balaban J connectivity index is 1.05. The number of nitrogens with zero attached hydrogens (tertiary/aromatic N) is 3. The molecule has 36 heavy (non-hydrogen) atoms. The molecular weight excluding hydrogens is 454 g/mol. The van der Waals surface area contributed by atoms with E-state index in [1.54, 1.807) is 16.8 Å². The summed E-state index contributed by atoms with van der Waals surface area (Å²) in [5.74, 6) is 2.50. The van der Waals surface area contributed by atoms with E-state index in [-0.39, 0.29) is 28.6 Å². The number of hydrogen-bond acceptors (Lipinski definition) is 4. The number of pyridine rings is 1. The summed E-state index contributed by atoms with van der Waals surface area (Å²) in [4.78, 5) is 40.1. The van der Waals surface area contributed by atoms with Crippen LogP contribution in [0.25, 0.3) is 5.52 Å². The molecule has 8 rings (SSSR count). The lowest BCUT2D eigenvalue weighted by Gasteiger charge is -2.56. The molecule has 4 heterocycles. The summed E-state index contributed by atoms with van der Waals surface area (Å²) in [6, 6.07) is 5.41. The highest BCUT2D eigenvalue weighted by atomic mass is 16.2. The number of likely N-dealkylation sites (tertiary alicyclic amines) is 1. The van der Waals surface area contributed by atoms with E-state index in [0.29, 0.717) is 42.8 Å². The first-order valence-corrected chi connectivity index (χ1v) is 13.7. The molecule has 8 heteroatoms. The maximum atomic E-state index is 13.3. The van der Waals surface area contributed by atoms with Gasteiger partial charge in [0.1, 0.15) is 0 Å². The third-order valence-electron chi connectivity index (χ3n) is 10.1. The number of nitrogens with one attached hydrogen (secondary N) is 2. The lowest BCUT2D eigenvalue weighted by atomic mass is 9.49. The minimum Gasteiger partial charge on any atom is -0.356 e. The number of hydrogen-bond donors (Lipinski definition) is 2. The molecule has 4 saturated carbocycles. The molecule has 1 spiro atoms. The molecule has 0 aromatic carbocycles. The molecule has 2 aromatic heterocycles.